The zero-order valence-electron chi connectivity index (χ0n) is 58.1. The van der Waals surface area contributed by atoms with Crippen molar-refractivity contribution in [3.05, 3.63) is 34.3 Å². The molecule has 1 spiro atoms. The number of aryl methyl sites for hydroxylation is 1. The quantitative estimate of drug-likeness (QED) is 0.164. The zero-order chi connectivity index (χ0) is 70.3. The van der Waals surface area contributed by atoms with Crippen LogP contribution in [0.25, 0.3) is 0 Å². The Balaban J connectivity index is 1.58. The van der Waals surface area contributed by atoms with Gasteiger partial charge in [0.15, 0.2) is 0 Å². The van der Waals surface area contributed by atoms with Crippen molar-refractivity contribution >= 4 is 76.6 Å². The molecule has 2 aliphatic carbocycles. The first kappa shape index (κ1) is 78.2. The van der Waals surface area contributed by atoms with E-state index >= 15 is 9.59 Å². The average Bonchev–Trinajstić information content (AvgIpc) is 1.54. The highest BCUT2D eigenvalue weighted by Crippen LogP contribution is 2.37. The fraction of sp³-hybridized carbons (Fsp3) is 0.750. The van der Waals surface area contributed by atoms with E-state index in [2.05, 4.69) is 21.3 Å². The summed E-state index contributed by atoms with van der Waals surface area (Å²) in [4.78, 5) is 170. The van der Waals surface area contributed by atoms with Crippen LogP contribution >= 0.6 is 11.6 Å². The topological polar surface area (TPSA) is 259 Å². The summed E-state index contributed by atoms with van der Waals surface area (Å²) < 4.78 is 41.4. The van der Waals surface area contributed by atoms with Gasteiger partial charge in [-0.05, 0) is 112 Å². The first-order chi connectivity index (χ1) is 44.0. The smallest absolute Gasteiger partial charge is 0.351 e. The Morgan fingerprint density at radius 3 is 1.87 bits per heavy atom. The molecule has 22 nitrogen and oxygen atoms in total. The summed E-state index contributed by atoms with van der Waals surface area (Å²) in [7, 11) is 7.26. The number of amides is 11. The van der Waals surface area contributed by atoms with Gasteiger partial charge in [0.1, 0.15) is 41.8 Å². The van der Waals surface area contributed by atoms with E-state index in [4.69, 9.17) is 11.6 Å². The zero-order valence-corrected chi connectivity index (χ0v) is 58.8. The molecule has 0 aromatic heterocycles. The van der Waals surface area contributed by atoms with Crippen molar-refractivity contribution < 1.29 is 65.9 Å². The molecule has 2 aliphatic heterocycles. The van der Waals surface area contributed by atoms with Crippen LogP contribution in [0.2, 0.25) is 5.02 Å². The second-order valence-corrected chi connectivity index (χ2v) is 28.7. The van der Waals surface area contributed by atoms with Crippen LogP contribution < -0.4 is 21.3 Å². The molecule has 4 aliphatic rings. The van der Waals surface area contributed by atoms with Gasteiger partial charge in [-0.3, -0.25) is 52.7 Å². The lowest BCUT2D eigenvalue weighted by atomic mass is 9.84. The van der Waals surface area contributed by atoms with Crippen LogP contribution in [-0.4, -0.2) is 215 Å². The molecule has 26 heteroatoms. The van der Waals surface area contributed by atoms with E-state index in [0.717, 1.165) is 49.1 Å². The molecule has 4 fully saturated rings. The number of nitrogens with zero attached hydrogens (tertiary/aromatic N) is 7. The number of fused-ring (bicyclic) bond motifs is 1. The summed E-state index contributed by atoms with van der Waals surface area (Å²) in [6.45, 7) is 15.1. The predicted molar refractivity (Wildman–Crippen MR) is 351 cm³/mol. The molecule has 1 aromatic rings. The van der Waals surface area contributed by atoms with Gasteiger partial charge in [-0.1, -0.05) is 124 Å². The summed E-state index contributed by atoms with van der Waals surface area (Å²) in [6, 6.07) is -4.60. The molecular formula is C68H107ClF3N11O11. The van der Waals surface area contributed by atoms with Gasteiger partial charge in [0.2, 0.25) is 65.0 Å². The third kappa shape index (κ3) is 21.0. The third-order valence-electron chi connectivity index (χ3n) is 19.5. The van der Waals surface area contributed by atoms with Crippen LogP contribution in [0.15, 0.2) is 18.2 Å². The van der Waals surface area contributed by atoms with Crippen LogP contribution in [0.4, 0.5) is 13.2 Å². The molecule has 5 rings (SSSR count). The van der Waals surface area contributed by atoms with Crippen molar-refractivity contribution in [3.8, 4) is 0 Å². The van der Waals surface area contributed by atoms with Gasteiger partial charge < -0.3 is 55.6 Å². The highest BCUT2D eigenvalue weighted by atomic mass is 35.5. The molecule has 4 N–H and O–H groups in total. The van der Waals surface area contributed by atoms with Crippen molar-refractivity contribution in [1.82, 2.24) is 55.6 Å². The molecule has 11 amide bonds. The number of nitrogens with one attached hydrogen (secondary N) is 4. The standard InChI is InChI=1S/C68H107ClF3N11O11/c1-15-44(8)58-65(93)78(11)39-57(87)82(33-29-41(2)3)40-56(86)80(13)53(37-46-22-17-16-18-23-46)64(92)77(10)38-54(84)74-50(28-26-47-25-27-48(49(69)36-47)68(70,71)72)63(91)83-32-21-24-51(83)61(89)76-67(30-19-20-31-67)66(94)81(14)59(43(6)7)62(90)73-45(9)35-55(85)79(12)52(34-42(4)5)60(88)75-58/h25,27,36,41-46,50-53,58-59H,15-24,26,28-35,37-40H2,1-14H3,(H,73,90)(H,74,84)(H,75,88)(H,76,89)/t44-,45+,50-,51-,52-,53-,58-,59-/m0/s1. The predicted octanol–water partition coefficient (Wildman–Crippen LogP) is 6.58. The van der Waals surface area contributed by atoms with Gasteiger partial charge in [-0.2, -0.15) is 13.2 Å². The van der Waals surface area contributed by atoms with Crippen LogP contribution in [-0.2, 0) is 65.3 Å². The number of likely N-dealkylation sites (N-methyl/N-ethyl adjacent to an activating group) is 5. The molecule has 8 atom stereocenters. The van der Waals surface area contributed by atoms with Crippen LogP contribution in [0, 0.1) is 29.6 Å². The molecule has 0 radical (unpaired) electrons. The number of halogens is 4. The highest BCUT2D eigenvalue weighted by Gasteiger charge is 2.50. The van der Waals surface area contributed by atoms with Crippen molar-refractivity contribution in [2.45, 2.75) is 232 Å². The van der Waals surface area contributed by atoms with Crippen LogP contribution in [0.5, 0.6) is 0 Å². The van der Waals surface area contributed by atoms with Gasteiger partial charge in [0.05, 0.1) is 30.2 Å². The van der Waals surface area contributed by atoms with E-state index < -0.39 is 161 Å². The lowest BCUT2D eigenvalue weighted by molar-refractivity contribution is -0.150. The van der Waals surface area contributed by atoms with E-state index in [1.165, 1.54) is 70.7 Å². The first-order valence-electron chi connectivity index (χ1n) is 34.0. The highest BCUT2D eigenvalue weighted by molar-refractivity contribution is 6.31. The minimum absolute atomic E-state index is 0.0286. The molecule has 528 valence electrons. The Bertz CT molecular complexity index is 2850. The van der Waals surface area contributed by atoms with Crippen LogP contribution in [0.1, 0.15) is 183 Å². The van der Waals surface area contributed by atoms with E-state index in [0.29, 0.717) is 37.7 Å². The largest absolute Gasteiger partial charge is 0.417 e. The van der Waals surface area contributed by atoms with Gasteiger partial charge in [-0.25, -0.2) is 0 Å². The van der Waals surface area contributed by atoms with Gasteiger partial charge in [-0.15, -0.1) is 0 Å². The second-order valence-electron chi connectivity index (χ2n) is 28.3. The number of hydrogen-bond acceptors (Lipinski definition) is 11. The maximum Gasteiger partial charge on any atom is 0.417 e. The molecule has 0 bridgehead atoms. The Morgan fingerprint density at radius 2 is 1.29 bits per heavy atom. The Labute approximate surface area is 559 Å². The van der Waals surface area contributed by atoms with Crippen molar-refractivity contribution in [3.63, 3.8) is 0 Å². The molecular weight excluding hydrogens is 1240 g/mol. The van der Waals surface area contributed by atoms with Crippen molar-refractivity contribution in [2.24, 2.45) is 29.6 Å². The van der Waals surface area contributed by atoms with Crippen molar-refractivity contribution in [2.75, 3.05) is 68.0 Å². The van der Waals surface area contributed by atoms with E-state index in [1.54, 1.807) is 27.7 Å². The first-order valence-corrected chi connectivity index (χ1v) is 34.3. The van der Waals surface area contributed by atoms with E-state index in [9.17, 15) is 56.3 Å². The maximum absolute atomic E-state index is 15.1. The van der Waals surface area contributed by atoms with Crippen LogP contribution in [0.3, 0.4) is 0 Å². The summed E-state index contributed by atoms with van der Waals surface area (Å²) in [6.07, 6.45) is 2.54. The lowest BCUT2D eigenvalue weighted by Gasteiger charge is -2.39. The maximum atomic E-state index is 15.1. The summed E-state index contributed by atoms with van der Waals surface area (Å²) in [5.74, 6) is -7.60. The molecule has 2 heterocycles. The van der Waals surface area contributed by atoms with Gasteiger partial charge >= 0.3 is 6.18 Å². The minimum atomic E-state index is -4.75. The van der Waals surface area contributed by atoms with E-state index in [1.807, 2.05) is 34.6 Å². The third-order valence-corrected chi connectivity index (χ3v) is 19.8. The number of alkyl halides is 3. The molecule has 1 aromatic carbocycles. The number of carbonyl (C=O) groups is 11. The fourth-order valence-corrected chi connectivity index (χ4v) is 13.9. The SMILES string of the molecule is CC[C@H](C)[C@@H]1NC(=O)[C@H](CC(C)C)N(C)C(=O)C[C@@H](C)NC(=O)[C@H](C(C)C)N(C)C(=O)C2(CCCC2)NC(=O)[C@@H]2CCCN2C(=O)[C@H](CCc2ccc(C(F)(F)F)c(Cl)c2)NC(=O)CN(C)C(=O)[C@H](CC2CCCCC2)N(C)C(=O)CN(CCC(C)C)C(=O)CN(C)C1=O. The molecule has 2 saturated heterocycles. The summed E-state index contributed by atoms with van der Waals surface area (Å²) in [5, 5.41) is 11.0. The Hall–Kier alpha value is -6.53. The number of hydrogen-bond donors (Lipinski definition) is 4. The Kier molecular flexibility index (Phi) is 29.1. The van der Waals surface area contributed by atoms with Gasteiger partial charge in [0.25, 0.3) is 0 Å². The number of carbonyl (C=O) groups excluding carboxylic acids is 11. The van der Waals surface area contributed by atoms with Gasteiger partial charge in [0, 0.05) is 60.8 Å². The summed E-state index contributed by atoms with van der Waals surface area (Å²) >= 11 is 6.13. The fourth-order valence-electron chi connectivity index (χ4n) is 13.6. The minimum Gasteiger partial charge on any atom is -0.351 e. The Morgan fingerprint density at radius 1 is 0.660 bits per heavy atom. The molecule has 94 heavy (non-hydrogen) atoms. The molecule has 0 unspecified atom stereocenters. The average molecular weight is 1350 g/mol. The normalized spacial score (nSPS) is 25.8. The number of benzene rings is 1. The number of rotatable bonds is 13. The summed E-state index contributed by atoms with van der Waals surface area (Å²) in [5.41, 5.74) is -2.25. The molecule has 2 saturated carbocycles. The lowest BCUT2D eigenvalue weighted by Crippen LogP contribution is -2.64. The van der Waals surface area contributed by atoms with E-state index in [-0.39, 0.29) is 82.2 Å². The second kappa shape index (κ2) is 34.9. The monoisotopic (exact) mass is 1350 g/mol. The van der Waals surface area contributed by atoms with Crippen molar-refractivity contribution in [1.29, 1.82) is 0 Å².